The number of aromatic nitrogens is 2. The first-order valence-corrected chi connectivity index (χ1v) is 5.70. The van der Waals surface area contributed by atoms with E-state index >= 15 is 0 Å². The summed E-state index contributed by atoms with van der Waals surface area (Å²) in [6.07, 6.45) is 1.10. The van der Waals surface area contributed by atoms with Crippen LogP contribution in [0.2, 0.25) is 0 Å². The highest BCUT2D eigenvalue weighted by atomic mass is 16.4. The fourth-order valence-electron chi connectivity index (χ4n) is 1.37. The Morgan fingerprint density at radius 1 is 1.44 bits per heavy atom. The molecule has 1 rings (SSSR count). The Morgan fingerprint density at radius 3 is 2.44 bits per heavy atom. The van der Waals surface area contributed by atoms with Gasteiger partial charge in [0.05, 0.1) is 0 Å². The molecular weight excluding hydrogens is 236 g/mol. The molecule has 1 aromatic rings. The zero-order chi connectivity index (χ0) is 14.1. The van der Waals surface area contributed by atoms with E-state index in [9.17, 15) is 14.4 Å². The fraction of sp³-hybridized carbons (Fsp3) is 0.583. The Hall–Kier alpha value is -1.85. The average Bonchev–Trinajstić information content (AvgIpc) is 2.19. The third kappa shape index (κ3) is 3.09. The van der Waals surface area contributed by atoms with E-state index < -0.39 is 22.8 Å². The molecule has 0 aliphatic rings. The average molecular weight is 254 g/mol. The molecule has 0 aliphatic carbocycles. The van der Waals surface area contributed by atoms with Gasteiger partial charge in [0.15, 0.2) is 0 Å². The van der Waals surface area contributed by atoms with Crippen LogP contribution in [0.1, 0.15) is 38.1 Å². The van der Waals surface area contributed by atoms with Gasteiger partial charge in [-0.2, -0.15) is 0 Å². The lowest BCUT2D eigenvalue weighted by Crippen LogP contribution is -2.36. The van der Waals surface area contributed by atoms with Gasteiger partial charge in [0.1, 0.15) is 5.56 Å². The van der Waals surface area contributed by atoms with Crippen LogP contribution in [-0.2, 0) is 6.54 Å². The second-order valence-corrected chi connectivity index (χ2v) is 5.53. The van der Waals surface area contributed by atoms with Gasteiger partial charge in [-0.3, -0.25) is 14.3 Å². The first-order chi connectivity index (χ1) is 8.12. The summed E-state index contributed by atoms with van der Waals surface area (Å²) in [6.45, 7) is 8.43. The van der Waals surface area contributed by atoms with Crippen LogP contribution in [0.3, 0.4) is 0 Å². The van der Waals surface area contributed by atoms with E-state index in [2.05, 4.69) is 0 Å². The molecule has 6 heteroatoms. The molecule has 0 bridgehead atoms. The molecule has 100 valence electrons. The number of aromatic carboxylic acids is 1. The molecule has 0 saturated heterocycles. The van der Waals surface area contributed by atoms with Gasteiger partial charge < -0.3 is 5.11 Å². The Bertz CT molecular complexity index is 563. The number of carboxylic acids is 1. The maximum absolute atomic E-state index is 11.6. The van der Waals surface area contributed by atoms with Crippen LogP contribution in [0.25, 0.3) is 0 Å². The van der Waals surface area contributed by atoms with Gasteiger partial charge in [0.2, 0.25) is 0 Å². The van der Waals surface area contributed by atoms with E-state index in [1.54, 1.807) is 0 Å². The Morgan fingerprint density at radius 2 is 2.00 bits per heavy atom. The standard InChI is InChI=1S/C12H18N2O4/c1-7(12(2,3)4)5-14-6-8(10(16)17)9(15)13-11(14)18/h6-7H,5H2,1-4H3,(H,16,17)(H,13,15,18). The molecule has 1 unspecified atom stereocenters. The minimum Gasteiger partial charge on any atom is -0.477 e. The Kier molecular flexibility index (Phi) is 3.79. The van der Waals surface area contributed by atoms with Crippen molar-refractivity contribution in [2.45, 2.75) is 34.2 Å². The summed E-state index contributed by atoms with van der Waals surface area (Å²) in [4.78, 5) is 35.7. The van der Waals surface area contributed by atoms with E-state index in [4.69, 9.17) is 5.11 Å². The largest absolute Gasteiger partial charge is 0.477 e. The van der Waals surface area contributed by atoms with E-state index in [0.717, 1.165) is 6.20 Å². The summed E-state index contributed by atoms with van der Waals surface area (Å²) in [5.74, 6) is -1.18. The quantitative estimate of drug-likeness (QED) is 0.838. The van der Waals surface area contributed by atoms with Crippen molar-refractivity contribution in [2.75, 3.05) is 0 Å². The van der Waals surface area contributed by atoms with Crippen molar-refractivity contribution >= 4 is 5.97 Å². The number of rotatable bonds is 3. The van der Waals surface area contributed by atoms with Gasteiger partial charge in [-0.25, -0.2) is 9.59 Å². The van der Waals surface area contributed by atoms with Crippen molar-refractivity contribution in [3.05, 3.63) is 32.6 Å². The molecule has 0 aromatic carbocycles. The molecule has 2 N–H and O–H groups in total. The van der Waals surface area contributed by atoms with Crippen LogP contribution < -0.4 is 11.2 Å². The van der Waals surface area contributed by atoms with Crippen LogP contribution in [0, 0.1) is 11.3 Å². The molecule has 0 fully saturated rings. The molecule has 0 radical (unpaired) electrons. The predicted molar refractivity (Wildman–Crippen MR) is 66.9 cm³/mol. The number of carboxylic acid groups (broad SMARTS) is 1. The summed E-state index contributed by atoms with van der Waals surface area (Å²) in [7, 11) is 0. The molecule has 0 spiro atoms. The Balaban J connectivity index is 3.19. The minimum absolute atomic E-state index is 0.0149. The molecule has 0 saturated carbocycles. The highest BCUT2D eigenvalue weighted by Crippen LogP contribution is 2.26. The van der Waals surface area contributed by atoms with Crippen LogP contribution in [0.4, 0.5) is 0 Å². The lowest BCUT2D eigenvalue weighted by atomic mass is 9.82. The van der Waals surface area contributed by atoms with Crippen molar-refractivity contribution in [1.29, 1.82) is 0 Å². The lowest BCUT2D eigenvalue weighted by molar-refractivity contribution is 0.0693. The second kappa shape index (κ2) is 4.80. The van der Waals surface area contributed by atoms with Gasteiger partial charge in [-0.15, -0.1) is 0 Å². The van der Waals surface area contributed by atoms with Crippen molar-refractivity contribution in [2.24, 2.45) is 11.3 Å². The van der Waals surface area contributed by atoms with Gasteiger partial charge >= 0.3 is 11.7 Å². The molecule has 1 heterocycles. The number of H-pyrrole nitrogens is 1. The normalized spacial score (nSPS) is 13.3. The topological polar surface area (TPSA) is 92.2 Å². The molecule has 0 aliphatic heterocycles. The zero-order valence-corrected chi connectivity index (χ0v) is 11.0. The number of aromatic amines is 1. The van der Waals surface area contributed by atoms with E-state index in [-0.39, 0.29) is 11.3 Å². The number of nitrogens with zero attached hydrogens (tertiary/aromatic N) is 1. The highest BCUT2D eigenvalue weighted by molar-refractivity contribution is 5.86. The first-order valence-electron chi connectivity index (χ1n) is 5.70. The van der Waals surface area contributed by atoms with Gasteiger partial charge in [-0.1, -0.05) is 27.7 Å². The van der Waals surface area contributed by atoms with Crippen LogP contribution in [-0.4, -0.2) is 20.6 Å². The number of nitrogens with one attached hydrogen (secondary N) is 1. The predicted octanol–water partition coefficient (Wildman–Crippen LogP) is 0.917. The van der Waals surface area contributed by atoms with E-state index in [0.29, 0.717) is 6.54 Å². The third-order valence-corrected chi connectivity index (χ3v) is 3.19. The van der Waals surface area contributed by atoms with Crippen molar-refractivity contribution in [1.82, 2.24) is 9.55 Å². The van der Waals surface area contributed by atoms with Gasteiger partial charge in [0, 0.05) is 12.7 Å². The number of hydrogen-bond donors (Lipinski definition) is 2. The van der Waals surface area contributed by atoms with Crippen molar-refractivity contribution < 1.29 is 9.90 Å². The molecule has 6 nitrogen and oxygen atoms in total. The summed E-state index contributed by atoms with van der Waals surface area (Å²) < 4.78 is 1.24. The smallest absolute Gasteiger partial charge is 0.342 e. The molecule has 1 aromatic heterocycles. The zero-order valence-electron chi connectivity index (χ0n) is 11.0. The highest BCUT2D eigenvalue weighted by Gasteiger charge is 2.21. The summed E-state index contributed by atoms with van der Waals surface area (Å²) in [5, 5.41) is 8.84. The van der Waals surface area contributed by atoms with Gasteiger partial charge in [0.25, 0.3) is 5.56 Å². The van der Waals surface area contributed by atoms with Crippen molar-refractivity contribution in [3.63, 3.8) is 0 Å². The lowest BCUT2D eigenvalue weighted by Gasteiger charge is -2.27. The van der Waals surface area contributed by atoms with Crippen LogP contribution in [0.5, 0.6) is 0 Å². The van der Waals surface area contributed by atoms with Crippen LogP contribution >= 0.6 is 0 Å². The summed E-state index contributed by atoms with van der Waals surface area (Å²) >= 11 is 0. The molecular formula is C12H18N2O4. The Labute approximate surface area is 104 Å². The SMILES string of the molecule is CC(Cn1cc(C(=O)O)c(=O)[nH]c1=O)C(C)(C)C. The molecule has 18 heavy (non-hydrogen) atoms. The summed E-state index contributed by atoms with van der Waals surface area (Å²) in [5.41, 5.74) is -1.89. The molecule has 0 amide bonds. The van der Waals surface area contributed by atoms with Gasteiger partial charge in [-0.05, 0) is 11.3 Å². The third-order valence-electron chi connectivity index (χ3n) is 3.19. The maximum Gasteiger partial charge on any atom is 0.342 e. The second-order valence-electron chi connectivity index (χ2n) is 5.53. The monoisotopic (exact) mass is 254 g/mol. The first kappa shape index (κ1) is 14.2. The van der Waals surface area contributed by atoms with E-state index in [1.165, 1.54) is 4.57 Å². The minimum atomic E-state index is -1.34. The number of hydrogen-bond acceptors (Lipinski definition) is 3. The van der Waals surface area contributed by atoms with E-state index in [1.807, 2.05) is 32.7 Å². The van der Waals surface area contributed by atoms with Crippen molar-refractivity contribution in [3.8, 4) is 0 Å². The van der Waals surface area contributed by atoms with Crippen LogP contribution in [0.15, 0.2) is 15.8 Å². The fourth-order valence-corrected chi connectivity index (χ4v) is 1.37. The maximum atomic E-state index is 11.6. The number of carbonyl (C=O) groups is 1. The summed E-state index contributed by atoms with van der Waals surface area (Å²) in [6, 6.07) is 0. The molecule has 1 atom stereocenters.